The molecule has 158 valence electrons. The van der Waals surface area contributed by atoms with Crippen LogP contribution >= 0.6 is 24.0 Å². The zero-order valence-electron chi connectivity index (χ0n) is 17.0. The number of aliphatic imine (C=N–C) groups is 1. The second-order valence-corrected chi connectivity index (χ2v) is 7.49. The third-order valence-electron chi connectivity index (χ3n) is 5.49. The molecule has 0 bridgehead atoms. The summed E-state index contributed by atoms with van der Waals surface area (Å²) in [6, 6.07) is 8.33. The number of hydrogen-bond acceptors (Lipinski definition) is 4. The Morgan fingerprint density at radius 3 is 2.79 bits per heavy atom. The Kier molecular flexibility index (Phi) is 9.81. The van der Waals surface area contributed by atoms with Gasteiger partial charge in [-0.25, -0.2) is 0 Å². The number of methoxy groups -OCH3 is 1. The molecule has 1 aromatic rings. The molecule has 2 N–H and O–H groups in total. The molecular formula is C21H34IN3O3. The number of para-hydroxylation sites is 1. The molecule has 1 heterocycles. The molecule has 0 radical (unpaired) electrons. The molecule has 0 spiro atoms. The summed E-state index contributed by atoms with van der Waals surface area (Å²) in [5.74, 6) is 2.40. The van der Waals surface area contributed by atoms with Gasteiger partial charge in [-0.3, -0.25) is 4.99 Å². The highest BCUT2D eigenvalue weighted by Crippen LogP contribution is 2.50. The SMILES string of the molecule is CN=C(NCCCOCC1CCOC1)NCC1(c2ccccc2OC)CC1.I. The summed E-state index contributed by atoms with van der Waals surface area (Å²) < 4.78 is 16.7. The molecular weight excluding hydrogens is 469 g/mol. The van der Waals surface area contributed by atoms with Gasteiger partial charge in [0.15, 0.2) is 5.96 Å². The first-order valence-corrected chi connectivity index (χ1v) is 10.0. The van der Waals surface area contributed by atoms with E-state index in [1.54, 1.807) is 7.11 Å². The molecule has 2 aliphatic rings. The number of nitrogens with zero attached hydrogens (tertiary/aromatic N) is 1. The van der Waals surface area contributed by atoms with Gasteiger partial charge in [0.2, 0.25) is 0 Å². The van der Waals surface area contributed by atoms with E-state index in [2.05, 4.69) is 27.8 Å². The monoisotopic (exact) mass is 503 g/mol. The van der Waals surface area contributed by atoms with Crippen molar-refractivity contribution in [3.05, 3.63) is 29.8 Å². The number of rotatable bonds is 10. The molecule has 0 amide bonds. The maximum Gasteiger partial charge on any atom is 0.191 e. The molecule has 6 nitrogen and oxygen atoms in total. The lowest BCUT2D eigenvalue weighted by molar-refractivity contribution is 0.0888. The van der Waals surface area contributed by atoms with Gasteiger partial charge in [-0.1, -0.05) is 18.2 Å². The van der Waals surface area contributed by atoms with E-state index in [0.717, 1.165) is 64.1 Å². The number of nitrogens with one attached hydrogen (secondary N) is 2. The Bertz CT molecular complexity index is 617. The lowest BCUT2D eigenvalue weighted by Gasteiger charge is -2.21. The average molecular weight is 503 g/mol. The van der Waals surface area contributed by atoms with Crippen LogP contribution in [-0.2, 0) is 14.9 Å². The fraction of sp³-hybridized carbons (Fsp3) is 0.667. The van der Waals surface area contributed by atoms with Crippen molar-refractivity contribution >= 4 is 29.9 Å². The molecule has 7 heteroatoms. The van der Waals surface area contributed by atoms with Crippen LogP contribution in [0.4, 0.5) is 0 Å². The molecule has 3 rings (SSSR count). The first-order valence-electron chi connectivity index (χ1n) is 10.0. The predicted molar refractivity (Wildman–Crippen MR) is 123 cm³/mol. The fourth-order valence-corrected chi connectivity index (χ4v) is 3.59. The largest absolute Gasteiger partial charge is 0.496 e. The molecule has 1 atom stereocenters. The first-order chi connectivity index (χ1) is 13.3. The van der Waals surface area contributed by atoms with Crippen molar-refractivity contribution < 1.29 is 14.2 Å². The van der Waals surface area contributed by atoms with Crippen LogP contribution in [0.3, 0.4) is 0 Å². The summed E-state index contributed by atoms with van der Waals surface area (Å²) in [6.45, 7) is 5.03. The summed E-state index contributed by atoms with van der Waals surface area (Å²) in [7, 11) is 3.55. The molecule has 1 unspecified atom stereocenters. The van der Waals surface area contributed by atoms with E-state index in [4.69, 9.17) is 14.2 Å². The highest BCUT2D eigenvalue weighted by molar-refractivity contribution is 14.0. The fourth-order valence-electron chi connectivity index (χ4n) is 3.59. The predicted octanol–water partition coefficient (Wildman–Crippen LogP) is 2.95. The molecule has 1 aliphatic carbocycles. The van der Waals surface area contributed by atoms with E-state index in [-0.39, 0.29) is 29.4 Å². The minimum Gasteiger partial charge on any atom is -0.496 e. The number of ether oxygens (including phenoxy) is 3. The maximum absolute atomic E-state index is 5.75. The maximum atomic E-state index is 5.75. The summed E-state index contributed by atoms with van der Waals surface area (Å²) >= 11 is 0. The van der Waals surface area contributed by atoms with Crippen LogP contribution in [0.2, 0.25) is 0 Å². The highest BCUT2D eigenvalue weighted by Gasteiger charge is 2.46. The van der Waals surface area contributed by atoms with Crippen molar-refractivity contribution in [2.24, 2.45) is 10.9 Å². The zero-order chi connectivity index (χ0) is 19.0. The van der Waals surface area contributed by atoms with Crippen LogP contribution in [0.5, 0.6) is 5.75 Å². The van der Waals surface area contributed by atoms with Gasteiger partial charge in [0.25, 0.3) is 0 Å². The molecule has 2 fully saturated rings. The van der Waals surface area contributed by atoms with E-state index in [9.17, 15) is 0 Å². The third-order valence-corrected chi connectivity index (χ3v) is 5.49. The first kappa shape index (κ1) is 23.2. The molecule has 28 heavy (non-hydrogen) atoms. The Balaban J connectivity index is 0.00000280. The molecule has 1 saturated carbocycles. The lowest BCUT2D eigenvalue weighted by Crippen LogP contribution is -2.41. The number of hydrogen-bond donors (Lipinski definition) is 2. The quantitative estimate of drug-likeness (QED) is 0.223. The Morgan fingerprint density at radius 1 is 1.29 bits per heavy atom. The summed E-state index contributed by atoms with van der Waals surface area (Å²) in [5.41, 5.74) is 1.45. The Labute approximate surface area is 185 Å². The van der Waals surface area contributed by atoms with Gasteiger partial charge in [0.05, 0.1) is 20.3 Å². The third kappa shape index (κ3) is 6.49. The average Bonchev–Trinajstić information content (AvgIpc) is 3.32. The van der Waals surface area contributed by atoms with E-state index >= 15 is 0 Å². The van der Waals surface area contributed by atoms with E-state index in [1.807, 2.05) is 19.2 Å². The van der Waals surface area contributed by atoms with Crippen molar-refractivity contribution in [2.45, 2.75) is 31.1 Å². The summed E-state index contributed by atoms with van der Waals surface area (Å²) in [4.78, 5) is 4.34. The van der Waals surface area contributed by atoms with Gasteiger partial charge >= 0.3 is 0 Å². The van der Waals surface area contributed by atoms with Crippen LogP contribution < -0.4 is 15.4 Å². The normalized spacial score (nSPS) is 20.4. The number of guanidine groups is 1. The van der Waals surface area contributed by atoms with Gasteiger partial charge in [0.1, 0.15) is 5.75 Å². The molecule has 1 saturated heterocycles. The standard InChI is InChI=1S/C21H33N3O3.HI/c1-22-20(23-11-5-12-26-14-17-8-13-27-15-17)24-16-21(9-10-21)18-6-3-4-7-19(18)25-2;/h3-4,6-7,17H,5,8-16H2,1-2H3,(H2,22,23,24);1H. The van der Waals surface area contributed by atoms with E-state index in [0.29, 0.717) is 5.92 Å². The van der Waals surface area contributed by atoms with Crippen LogP contribution in [0.1, 0.15) is 31.2 Å². The molecule has 1 aliphatic heterocycles. The van der Waals surface area contributed by atoms with Crippen LogP contribution in [0, 0.1) is 5.92 Å². The second kappa shape index (κ2) is 11.8. The lowest BCUT2D eigenvalue weighted by atomic mass is 9.95. The van der Waals surface area contributed by atoms with Crippen molar-refractivity contribution in [1.82, 2.24) is 10.6 Å². The van der Waals surface area contributed by atoms with Gasteiger partial charge in [-0.2, -0.15) is 0 Å². The molecule has 0 aromatic heterocycles. The number of halogens is 1. The minimum absolute atomic E-state index is 0. The Hall–Kier alpha value is -1.06. The van der Waals surface area contributed by atoms with Gasteiger partial charge in [-0.15, -0.1) is 24.0 Å². The van der Waals surface area contributed by atoms with Gasteiger partial charge in [0, 0.05) is 50.2 Å². The number of benzene rings is 1. The zero-order valence-corrected chi connectivity index (χ0v) is 19.4. The molecule has 1 aromatic carbocycles. The summed E-state index contributed by atoms with van der Waals surface area (Å²) in [6.07, 6.45) is 4.45. The van der Waals surface area contributed by atoms with E-state index in [1.165, 1.54) is 18.4 Å². The van der Waals surface area contributed by atoms with Crippen molar-refractivity contribution in [3.63, 3.8) is 0 Å². The van der Waals surface area contributed by atoms with Gasteiger partial charge < -0.3 is 24.8 Å². The van der Waals surface area contributed by atoms with E-state index < -0.39 is 0 Å². The van der Waals surface area contributed by atoms with Crippen molar-refractivity contribution in [3.8, 4) is 5.75 Å². The van der Waals surface area contributed by atoms with Crippen molar-refractivity contribution in [2.75, 3.05) is 53.7 Å². The topological polar surface area (TPSA) is 64.1 Å². The van der Waals surface area contributed by atoms with Crippen LogP contribution in [0.25, 0.3) is 0 Å². The second-order valence-electron chi connectivity index (χ2n) is 7.49. The Morgan fingerprint density at radius 2 is 2.11 bits per heavy atom. The van der Waals surface area contributed by atoms with Gasteiger partial charge in [-0.05, 0) is 31.7 Å². The van der Waals surface area contributed by atoms with Crippen LogP contribution in [-0.4, -0.2) is 59.6 Å². The van der Waals surface area contributed by atoms with Crippen LogP contribution in [0.15, 0.2) is 29.3 Å². The summed E-state index contributed by atoms with van der Waals surface area (Å²) in [5, 5.41) is 6.86. The highest BCUT2D eigenvalue weighted by atomic mass is 127. The van der Waals surface area contributed by atoms with Crippen molar-refractivity contribution in [1.29, 1.82) is 0 Å². The smallest absolute Gasteiger partial charge is 0.191 e. The minimum atomic E-state index is 0.